The third-order valence-electron chi connectivity index (χ3n) is 3.91. The van der Waals surface area contributed by atoms with E-state index in [0.717, 1.165) is 19.7 Å². The number of carbonyl (C=O) groups excluding carboxylic acids is 1. The number of amides is 1. The molecule has 0 aliphatic carbocycles. The van der Waals surface area contributed by atoms with Crippen molar-refractivity contribution in [1.82, 2.24) is 19.5 Å². The molecule has 2 atom stereocenters. The molecule has 0 bridgehead atoms. The first-order valence-electron chi connectivity index (χ1n) is 9.16. The molecule has 14 heteroatoms. The maximum absolute atomic E-state index is 12.6. The second-order valence-corrected chi connectivity index (χ2v) is 13.2. The van der Waals surface area contributed by atoms with Crippen LogP contribution in [0.15, 0.2) is 27.1 Å². The third kappa shape index (κ3) is 5.91. The van der Waals surface area contributed by atoms with Crippen LogP contribution in [-0.4, -0.2) is 56.3 Å². The van der Waals surface area contributed by atoms with Gasteiger partial charge in [0.05, 0.1) is 10.2 Å². The number of thiazole rings is 1. The molecule has 1 aromatic carbocycles. The zero-order chi connectivity index (χ0) is 23.8. The maximum atomic E-state index is 12.6. The zero-order valence-corrected chi connectivity index (χ0v) is 21.9. The van der Waals surface area contributed by atoms with Crippen molar-refractivity contribution < 1.29 is 26.6 Å². The van der Waals surface area contributed by atoms with Gasteiger partial charge >= 0.3 is 6.09 Å². The van der Waals surface area contributed by atoms with Gasteiger partial charge in [-0.3, -0.25) is 0 Å². The number of benzene rings is 1. The number of hydrogen-bond acceptors (Lipinski definition) is 10. The van der Waals surface area contributed by atoms with E-state index in [4.69, 9.17) is 9.15 Å². The van der Waals surface area contributed by atoms with Crippen molar-refractivity contribution in [2.24, 2.45) is 0 Å². The van der Waals surface area contributed by atoms with Crippen LogP contribution >= 0.6 is 27.3 Å². The Morgan fingerprint density at radius 2 is 2.03 bits per heavy atom. The molecule has 0 saturated carbocycles. The molecular formula is C18H21BrN4O6S3. The summed E-state index contributed by atoms with van der Waals surface area (Å²) in [5.74, 6) is -0.273. The normalized spacial score (nSPS) is 14.3. The van der Waals surface area contributed by atoms with E-state index in [1.165, 1.54) is 17.6 Å². The van der Waals surface area contributed by atoms with Gasteiger partial charge in [-0.05, 0) is 39.0 Å². The second kappa shape index (κ2) is 9.15. The van der Waals surface area contributed by atoms with Crippen LogP contribution in [0.3, 0.4) is 0 Å². The Labute approximate surface area is 200 Å². The molecule has 2 aromatic heterocycles. The number of rotatable bonds is 6. The van der Waals surface area contributed by atoms with E-state index in [1.807, 2.05) is 12.1 Å². The van der Waals surface area contributed by atoms with Crippen LogP contribution in [0.4, 0.5) is 4.79 Å². The maximum Gasteiger partial charge on any atom is 0.422 e. The monoisotopic (exact) mass is 564 g/mol. The summed E-state index contributed by atoms with van der Waals surface area (Å²) in [6.45, 7) is 4.73. The molecule has 0 aliphatic heterocycles. The van der Waals surface area contributed by atoms with Crippen molar-refractivity contribution in [1.29, 1.82) is 0 Å². The summed E-state index contributed by atoms with van der Waals surface area (Å²) in [4.78, 5) is 16.8. The van der Waals surface area contributed by atoms with Gasteiger partial charge in [0, 0.05) is 17.0 Å². The molecule has 10 nitrogen and oxygen atoms in total. The molecule has 3 rings (SSSR count). The Morgan fingerprint density at radius 1 is 1.34 bits per heavy atom. The molecule has 0 fully saturated rings. The lowest BCUT2D eigenvalue weighted by Crippen LogP contribution is -2.37. The van der Waals surface area contributed by atoms with Gasteiger partial charge in [-0.25, -0.2) is 26.7 Å². The highest BCUT2D eigenvalue weighted by atomic mass is 79.9. The van der Waals surface area contributed by atoms with Crippen molar-refractivity contribution in [2.75, 3.05) is 12.5 Å². The largest absolute Gasteiger partial charge is 0.443 e. The summed E-state index contributed by atoms with van der Waals surface area (Å²) < 4.78 is 50.6. The lowest BCUT2D eigenvalue weighted by Gasteiger charge is -2.24. The molecule has 32 heavy (non-hydrogen) atoms. The minimum atomic E-state index is -3.73. The summed E-state index contributed by atoms with van der Waals surface area (Å²) in [6.07, 6.45) is 1.53. The standard InChI is InChI=1S/C18H21BrN4O6S3/c1-18(2,3)29-17(24)23(31(4)25)9-13-21-22-15(28-13)14(32(5,26)27)16-20-11-7-6-10(19)8-12(11)30-16/h6-8,14H,9H2,1-5H3. The SMILES string of the molecule is CS(=O)N(Cc1nnc(C(c2nc3ccc(Br)cc3s2)S(C)(=O)=O)o1)C(=O)OC(C)(C)C. The molecule has 0 saturated heterocycles. The van der Waals surface area contributed by atoms with Gasteiger partial charge in [-0.1, -0.05) is 15.9 Å². The highest BCUT2D eigenvalue weighted by molar-refractivity contribution is 9.10. The Morgan fingerprint density at radius 3 is 2.62 bits per heavy atom. The number of fused-ring (bicyclic) bond motifs is 1. The number of hydrogen-bond donors (Lipinski definition) is 0. The fourth-order valence-electron chi connectivity index (χ4n) is 2.63. The first-order chi connectivity index (χ1) is 14.7. The van der Waals surface area contributed by atoms with Crippen LogP contribution in [-0.2, 0) is 32.1 Å². The molecule has 174 valence electrons. The van der Waals surface area contributed by atoms with Gasteiger partial charge in [0.15, 0.2) is 15.1 Å². The van der Waals surface area contributed by atoms with Crippen molar-refractivity contribution in [3.63, 3.8) is 0 Å². The lowest BCUT2D eigenvalue weighted by molar-refractivity contribution is 0.0379. The van der Waals surface area contributed by atoms with E-state index in [9.17, 15) is 17.4 Å². The molecule has 0 radical (unpaired) electrons. The fourth-order valence-corrected chi connectivity index (χ4v) is 6.22. The molecule has 2 unspecified atom stereocenters. The van der Waals surface area contributed by atoms with Crippen molar-refractivity contribution in [3.8, 4) is 0 Å². The molecular weight excluding hydrogens is 544 g/mol. The number of ether oxygens (including phenoxy) is 1. The van der Waals surface area contributed by atoms with Crippen LogP contribution < -0.4 is 0 Å². The summed E-state index contributed by atoms with van der Waals surface area (Å²) in [5, 5.41) is 6.73. The van der Waals surface area contributed by atoms with Gasteiger partial charge in [-0.2, -0.15) is 0 Å². The van der Waals surface area contributed by atoms with Gasteiger partial charge in [-0.15, -0.1) is 21.5 Å². The number of nitrogens with zero attached hydrogens (tertiary/aromatic N) is 4. The smallest absolute Gasteiger partial charge is 0.422 e. The molecule has 1 amide bonds. The minimum Gasteiger partial charge on any atom is -0.443 e. The Hall–Kier alpha value is -1.90. The Kier molecular flexibility index (Phi) is 7.08. The van der Waals surface area contributed by atoms with Gasteiger partial charge in [0.2, 0.25) is 11.8 Å². The lowest BCUT2D eigenvalue weighted by atomic mass is 10.2. The van der Waals surface area contributed by atoms with Crippen molar-refractivity contribution in [2.45, 2.75) is 38.2 Å². The van der Waals surface area contributed by atoms with E-state index in [1.54, 1.807) is 26.8 Å². The van der Waals surface area contributed by atoms with Gasteiger partial charge in [0.1, 0.15) is 28.1 Å². The topological polar surface area (TPSA) is 133 Å². The van der Waals surface area contributed by atoms with Crippen LogP contribution in [0, 0.1) is 0 Å². The number of halogens is 1. The summed E-state index contributed by atoms with van der Waals surface area (Å²) in [7, 11) is -5.46. The van der Waals surface area contributed by atoms with Gasteiger partial charge < -0.3 is 9.15 Å². The quantitative estimate of drug-likeness (QED) is 0.440. The van der Waals surface area contributed by atoms with Crippen LogP contribution in [0.25, 0.3) is 10.2 Å². The predicted octanol–water partition coefficient (Wildman–Crippen LogP) is 3.61. The molecule has 0 aliphatic rings. The first kappa shape index (κ1) is 24.7. The summed E-state index contributed by atoms with van der Waals surface area (Å²) in [5.41, 5.74) is -0.156. The molecule has 0 spiro atoms. The Bertz CT molecular complexity index is 1280. The predicted molar refractivity (Wildman–Crippen MR) is 124 cm³/mol. The third-order valence-corrected chi connectivity index (χ3v) is 7.82. The Balaban J connectivity index is 1.93. The average molecular weight is 565 g/mol. The van der Waals surface area contributed by atoms with E-state index < -0.39 is 37.8 Å². The average Bonchev–Trinajstić information content (AvgIpc) is 3.23. The van der Waals surface area contributed by atoms with Crippen molar-refractivity contribution >= 4 is 64.4 Å². The highest BCUT2D eigenvalue weighted by Crippen LogP contribution is 2.35. The van der Waals surface area contributed by atoms with E-state index in [2.05, 4.69) is 31.1 Å². The van der Waals surface area contributed by atoms with Crippen LogP contribution in [0.2, 0.25) is 0 Å². The van der Waals surface area contributed by atoms with E-state index in [-0.39, 0.29) is 23.3 Å². The van der Waals surface area contributed by atoms with E-state index in [0.29, 0.717) is 5.52 Å². The second-order valence-electron chi connectivity index (χ2n) is 7.85. The summed E-state index contributed by atoms with van der Waals surface area (Å²) in [6, 6.07) is 5.42. The van der Waals surface area contributed by atoms with Crippen molar-refractivity contribution in [3.05, 3.63) is 39.5 Å². The molecule has 2 heterocycles. The number of sulfone groups is 1. The van der Waals surface area contributed by atoms with Crippen LogP contribution in [0.5, 0.6) is 0 Å². The molecule has 0 N–H and O–H groups in total. The van der Waals surface area contributed by atoms with Gasteiger partial charge in [0.25, 0.3) is 0 Å². The zero-order valence-electron chi connectivity index (χ0n) is 17.9. The highest BCUT2D eigenvalue weighted by Gasteiger charge is 2.34. The van der Waals surface area contributed by atoms with Crippen LogP contribution in [0.1, 0.15) is 42.8 Å². The minimum absolute atomic E-state index is 0.0847. The molecule has 3 aromatic rings. The summed E-state index contributed by atoms with van der Waals surface area (Å²) >= 11 is 4.58. The number of aromatic nitrogens is 3. The fraction of sp³-hybridized carbons (Fsp3) is 0.444. The number of carbonyl (C=O) groups is 1. The first-order valence-corrected chi connectivity index (χ1v) is 14.2. The van der Waals surface area contributed by atoms with E-state index >= 15 is 0 Å².